The Morgan fingerprint density at radius 1 is 1.31 bits per heavy atom. The van der Waals surface area contributed by atoms with Gasteiger partial charge in [-0.3, -0.25) is 14.9 Å². The summed E-state index contributed by atoms with van der Waals surface area (Å²) < 4.78 is 0. The molecule has 2 amide bonds. The lowest BCUT2D eigenvalue weighted by Crippen LogP contribution is -2.44. The number of aliphatic carboxylic acids is 1. The molecule has 0 saturated carbocycles. The summed E-state index contributed by atoms with van der Waals surface area (Å²) in [5.41, 5.74) is 0.823. The molecule has 0 aliphatic carbocycles. The van der Waals surface area contributed by atoms with Crippen LogP contribution in [-0.4, -0.2) is 75.8 Å². The first-order valence-electron chi connectivity index (χ1n) is 9.39. The molecule has 1 aromatic carbocycles. The summed E-state index contributed by atoms with van der Waals surface area (Å²) in [4.78, 5) is 37.8. The average molecular weight is 442 g/mol. The van der Waals surface area contributed by atoms with Gasteiger partial charge in [-0.2, -0.15) is 0 Å². The highest BCUT2D eigenvalue weighted by molar-refractivity contribution is 7.99. The van der Waals surface area contributed by atoms with Gasteiger partial charge in [0.2, 0.25) is 11.8 Å². The van der Waals surface area contributed by atoms with E-state index in [0.717, 1.165) is 11.4 Å². The number of hydrogen-bond donors (Lipinski definition) is 4. The van der Waals surface area contributed by atoms with Crippen molar-refractivity contribution >= 4 is 41.1 Å². The largest absolute Gasteiger partial charge is 0.480 e. The minimum atomic E-state index is -1.13. The Morgan fingerprint density at radius 3 is 2.66 bits per heavy atom. The number of carbonyl (C=O) groups excluding carboxylic acids is 2. The Hall–Kier alpha value is -1.81. The summed E-state index contributed by atoms with van der Waals surface area (Å²) in [5.74, 6) is -0.534. The van der Waals surface area contributed by atoms with Crippen LogP contribution in [-0.2, 0) is 14.4 Å². The van der Waals surface area contributed by atoms with Crippen molar-refractivity contribution in [2.24, 2.45) is 0 Å². The van der Waals surface area contributed by atoms with Gasteiger partial charge in [-0.25, -0.2) is 4.79 Å². The van der Waals surface area contributed by atoms with Crippen molar-refractivity contribution in [1.82, 2.24) is 15.5 Å². The van der Waals surface area contributed by atoms with E-state index in [0.29, 0.717) is 10.8 Å². The number of carboxylic acids is 1. The first kappa shape index (κ1) is 21.9. The summed E-state index contributed by atoms with van der Waals surface area (Å²) >= 11 is 7.61. The Balaban J connectivity index is 1.70. The molecule has 2 heterocycles. The van der Waals surface area contributed by atoms with Crippen LogP contribution < -0.4 is 10.6 Å². The Bertz CT molecular complexity index is 757. The Morgan fingerprint density at radius 2 is 2.03 bits per heavy atom. The zero-order chi connectivity index (χ0) is 21.0. The van der Waals surface area contributed by atoms with Gasteiger partial charge < -0.3 is 20.4 Å². The maximum atomic E-state index is 12.9. The van der Waals surface area contributed by atoms with E-state index in [-0.39, 0.29) is 49.7 Å². The fourth-order valence-corrected chi connectivity index (χ4v) is 4.67. The van der Waals surface area contributed by atoms with Crippen molar-refractivity contribution in [1.29, 1.82) is 0 Å². The number of aliphatic hydroxyl groups excluding tert-OH is 1. The molecule has 0 aromatic heterocycles. The minimum Gasteiger partial charge on any atom is -0.480 e. The van der Waals surface area contributed by atoms with Gasteiger partial charge in [0.15, 0.2) is 0 Å². The summed E-state index contributed by atoms with van der Waals surface area (Å²) in [6, 6.07) is 5.73. The van der Waals surface area contributed by atoms with Gasteiger partial charge in [0, 0.05) is 48.5 Å². The van der Waals surface area contributed by atoms with E-state index in [4.69, 9.17) is 11.6 Å². The smallest absolute Gasteiger partial charge is 0.326 e. The number of rotatable bonds is 7. The molecular weight excluding hydrogens is 418 g/mol. The van der Waals surface area contributed by atoms with Crippen LogP contribution in [0.5, 0.6) is 0 Å². The van der Waals surface area contributed by atoms with E-state index in [1.807, 2.05) is 0 Å². The van der Waals surface area contributed by atoms with Crippen molar-refractivity contribution in [3.05, 3.63) is 34.9 Å². The van der Waals surface area contributed by atoms with Crippen molar-refractivity contribution in [3.63, 3.8) is 0 Å². The molecule has 4 atom stereocenters. The van der Waals surface area contributed by atoms with Gasteiger partial charge in [0.05, 0.1) is 12.1 Å². The molecule has 1 aromatic rings. The zero-order valence-corrected chi connectivity index (χ0v) is 17.3. The molecule has 2 aliphatic heterocycles. The van der Waals surface area contributed by atoms with Crippen LogP contribution in [0.15, 0.2) is 24.3 Å². The molecular formula is C19H24ClN3O5S. The molecule has 29 heavy (non-hydrogen) atoms. The lowest BCUT2D eigenvalue weighted by Gasteiger charge is -2.25. The van der Waals surface area contributed by atoms with Crippen LogP contribution in [0.1, 0.15) is 24.3 Å². The van der Waals surface area contributed by atoms with Gasteiger partial charge >= 0.3 is 5.97 Å². The van der Waals surface area contributed by atoms with Crippen molar-refractivity contribution < 1.29 is 24.6 Å². The van der Waals surface area contributed by atoms with Crippen LogP contribution in [0.25, 0.3) is 0 Å². The Labute approximate surface area is 178 Å². The summed E-state index contributed by atoms with van der Waals surface area (Å²) in [6.45, 7) is 0.238. The maximum Gasteiger partial charge on any atom is 0.326 e. The molecule has 2 saturated heterocycles. The number of halogens is 1. The van der Waals surface area contributed by atoms with Crippen molar-refractivity contribution in [2.75, 3.05) is 24.7 Å². The summed E-state index contributed by atoms with van der Waals surface area (Å²) in [6.07, 6.45) is -0.806. The topological polar surface area (TPSA) is 119 Å². The number of benzene rings is 1. The average Bonchev–Trinajstić information content (AvgIpc) is 3.35. The summed E-state index contributed by atoms with van der Waals surface area (Å²) in [5, 5.41) is 25.7. The van der Waals surface area contributed by atoms with Crippen LogP contribution >= 0.6 is 23.4 Å². The van der Waals surface area contributed by atoms with Gasteiger partial charge in [0.25, 0.3) is 0 Å². The number of amides is 2. The second-order valence-electron chi connectivity index (χ2n) is 7.26. The molecule has 0 bridgehead atoms. The van der Waals surface area contributed by atoms with Crippen LogP contribution in [0.2, 0.25) is 5.02 Å². The molecule has 4 N–H and O–H groups in total. The molecule has 8 nitrogen and oxygen atoms in total. The van der Waals surface area contributed by atoms with E-state index < -0.39 is 18.1 Å². The number of carbonyl (C=O) groups is 3. The fraction of sp³-hybridized carbons (Fsp3) is 0.526. The third-order valence-electron chi connectivity index (χ3n) is 5.20. The normalized spacial score (nSPS) is 25.0. The number of thioether (sulfide) groups is 1. The highest BCUT2D eigenvalue weighted by atomic mass is 35.5. The second-order valence-corrected chi connectivity index (χ2v) is 8.73. The standard InChI is InChI=1S/C19H24ClN3O5S/c20-13-3-1-11(2-4-13)12(7-21-18(26)15-9-29-10-22-15)5-17(25)23-8-14(24)6-16(23)19(27)28/h1-4,12,14-16,22,24H,5-10H2,(H,21,26)(H,27,28)/t12-,14+,15+,16-/m0/s1. The molecule has 2 fully saturated rings. The van der Waals surface area contributed by atoms with Gasteiger partial charge in [-0.05, 0) is 17.7 Å². The van der Waals surface area contributed by atoms with Gasteiger partial charge in [-0.15, -0.1) is 11.8 Å². The number of nitrogens with zero attached hydrogens (tertiary/aromatic N) is 1. The third-order valence-corrected chi connectivity index (χ3v) is 6.39. The molecule has 0 unspecified atom stereocenters. The van der Waals surface area contributed by atoms with E-state index in [2.05, 4.69) is 10.6 Å². The second kappa shape index (κ2) is 9.80. The molecule has 158 valence electrons. The van der Waals surface area contributed by atoms with Gasteiger partial charge in [0.1, 0.15) is 6.04 Å². The summed E-state index contributed by atoms with van der Waals surface area (Å²) in [7, 11) is 0. The fourth-order valence-electron chi connectivity index (χ4n) is 3.60. The van der Waals surface area contributed by atoms with Crippen LogP contribution in [0, 0.1) is 0 Å². The molecule has 0 spiro atoms. The Kier molecular flexibility index (Phi) is 7.39. The van der Waals surface area contributed by atoms with E-state index in [1.54, 1.807) is 36.0 Å². The predicted molar refractivity (Wildman–Crippen MR) is 110 cm³/mol. The third kappa shape index (κ3) is 5.63. The van der Waals surface area contributed by atoms with Crippen LogP contribution in [0.4, 0.5) is 0 Å². The number of carboxylic acid groups (broad SMARTS) is 1. The highest BCUT2D eigenvalue weighted by Crippen LogP contribution is 2.26. The first-order valence-corrected chi connectivity index (χ1v) is 10.9. The number of nitrogens with one attached hydrogen (secondary N) is 2. The minimum absolute atomic E-state index is 0.00128. The lowest BCUT2D eigenvalue weighted by molar-refractivity contribution is -0.148. The van der Waals surface area contributed by atoms with Crippen LogP contribution in [0.3, 0.4) is 0 Å². The molecule has 3 rings (SSSR count). The number of likely N-dealkylation sites (tertiary alicyclic amines) is 1. The maximum absolute atomic E-state index is 12.9. The molecule has 2 aliphatic rings. The van der Waals surface area contributed by atoms with Gasteiger partial charge in [-0.1, -0.05) is 23.7 Å². The van der Waals surface area contributed by atoms with Crippen molar-refractivity contribution in [2.45, 2.75) is 36.9 Å². The van der Waals surface area contributed by atoms with Crippen molar-refractivity contribution in [3.8, 4) is 0 Å². The highest BCUT2D eigenvalue weighted by Gasteiger charge is 2.39. The number of aliphatic hydroxyl groups is 1. The van der Waals surface area contributed by atoms with E-state index >= 15 is 0 Å². The monoisotopic (exact) mass is 441 g/mol. The molecule has 10 heteroatoms. The molecule has 0 radical (unpaired) electrons. The predicted octanol–water partition coefficient (Wildman–Crippen LogP) is 0.639. The quantitative estimate of drug-likeness (QED) is 0.490. The van der Waals surface area contributed by atoms with E-state index in [1.165, 1.54) is 4.90 Å². The van der Waals surface area contributed by atoms with E-state index in [9.17, 15) is 24.6 Å². The number of β-amino-alcohol motifs (C(OH)–C–C–N with tert-alkyl or cyclic N) is 1. The number of hydrogen-bond acceptors (Lipinski definition) is 6. The SMILES string of the molecule is O=C(NC[C@H](CC(=O)N1C[C@H](O)C[C@H]1C(=O)O)c1ccc(Cl)cc1)[C@H]1CSCN1. The first-order chi connectivity index (χ1) is 13.8. The zero-order valence-electron chi connectivity index (χ0n) is 15.7. The lowest BCUT2D eigenvalue weighted by atomic mass is 9.94.